The molecular weight excluding hydrogens is 204 g/mol. The first-order chi connectivity index (χ1) is 7.53. The minimum Gasteiger partial charge on any atom is -0.373 e. The number of nitrogens with one attached hydrogen (secondary N) is 1. The van der Waals surface area contributed by atoms with Crippen molar-refractivity contribution in [3.63, 3.8) is 0 Å². The van der Waals surface area contributed by atoms with Gasteiger partial charge in [0.05, 0.1) is 0 Å². The lowest BCUT2D eigenvalue weighted by Gasteiger charge is -2.00. The van der Waals surface area contributed by atoms with Crippen molar-refractivity contribution in [2.75, 3.05) is 12.4 Å². The van der Waals surface area contributed by atoms with Gasteiger partial charge in [0.1, 0.15) is 17.1 Å². The smallest absolute Gasteiger partial charge is 0.255 e. The number of hydrogen-bond donors (Lipinski definition) is 2. The van der Waals surface area contributed by atoms with Crippen LogP contribution in [-0.2, 0) is 7.05 Å². The molecule has 0 radical (unpaired) electrons. The van der Waals surface area contributed by atoms with Crippen LogP contribution in [0.15, 0.2) is 0 Å². The van der Waals surface area contributed by atoms with Crippen molar-refractivity contribution in [2.45, 2.75) is 20.3 Å². The number of aryl methyl sites for hydroxylation is 1. The van der Waals surface area contributed by atoms with Gasteiger partial charge in [0.2, 0.25) is 0 Å². The highest BCUT2D eigenvalue weighted by Gasteiger charge is 2.17. The molecule has 16 heavy (non-hydrogen) atoms. The first kappa shape index (κ1) is 14.0. The monoisotopic (exact) mass is 222 g/mol. The zero-order valence-corrected chi connectivity index (χ0v) is 10.2. The number of nitrogens with zero attached hydrogens (tertiary/aromatic N) is 2. The molecule has 0 atom stereocenters. The van der Waals surface area contributed by atoms with Crippen LogP contribution in [-0.4, -0.2) is 22.7 Å². The molecule has 0 aliphatic rings. The first-order valence-electron chi connectivity index (χ1n) is 5.04. The Morgan fingerprint density at radius 1 is 1.62 bits per heavy atom. The summed E-state index contributed by atoms with van der Waals surface area (Å²) in [5.41, 5.74) is 5.67. The second-order valence-corrected chi connectivity index (χ2v) is 3.16. The number of primary amides is 1. The van der Waals surface area contributed by atoms with E-state index in [-0.39, 0.29) is 11.3 Å². The molecule has 5 nitrogen and oxygen atoms in total. The molecule has 3 N–H and O–H groups in total. The standard InChI is InChI=1S/C8H10N4O.C3H8/c1-4-5-6(7(9)13)8(10-2)12(3)11-5;1-3-2/h1,10H,2-3H3,(H2,9,13);3H2,1-2H3. The average molecular weight is 222 g/mol. The normalized spacial score (nSPS) is 8.69. The molecule has 0 aliphatic carbocycles. The SMILES string of the molecule is C#Cc1nn(C)c(NC)c1C(N)=O.CCC. The van der Waals surface area contributed by atoms with Crippen molar-refractivity contribution in [2.24, 2.45) is 12.8 Å². The van der Waals surface area contributed by atoms with Crippen LogP contribution >= 0.6 is 0 Å². The van der Waals surface area contributed by atoms with Gasteiger partial charge in [-0.1, -0.05) is 20.3 Å². The van der Waals surface area contributed by atoms with E-state index in [1.807, 2.05) is 0 Å². The lowest BCUT2D eigenvalue weighted by atomic mass is 10.2. The Kier molecular flexibility index (Phi) is 5.71. The summed E-state index contributed by atoms with van der Waals surface area (Å²) >= 11 is 0. The largest absolute Gasteiger partial charge is 0.373 e. The third-order valence-electron chi connectivity index (χ3n) is 1.67. The molecule has 1 aromatic heterocycles. The van der Waals surface area contributed by atoms with Crippen LogP contribution in [0.2, 0.25) is 0 Å². The number of terminal acetylenes is 1. The number of aromatic nitrogens is 2. The molecule has 1 rings (SSSR count). The van der Waals surface area contributed by atoms with Crippen LogP contribution in [0.5, 0.6) is 0 Å². The minimum atomic E-state index is -0.578. The Hall–Kier alpha value is -1.96. The van der Waals surface area contributed by atoms with Gasteiger partial charge in [-0.3, -0.25) is 9.48 Å². The van der Waals surface area contributed by atoms with E-state index in [0.717, 1.165) is 0 Å². The summed E-state index contributed by atoms with van der Waals surface area (Å²) in [5.74, 6) is 2.25. The molecule has 0 unspecified atom stereocenters. The Labute approximate surface area is 96.0 Å². The van der Waals surface area contributed by atoms with Gasteiger partial charge in [0, 0.05) is 14.1 Å². The van der Waals surface area contributed by atoms with E-state index < -0.39 is 5.91 Å². The third kappa shape index (κ3) is 3.02. The molecule has 0 aliphatic heterocycles. The maximum Gasteiger partial charge on any atom is 0.255 e. The van der Waals surface area contributed by atoms with Crippen LogP contribution in [0.1, 0.15) is 36.3 Å². The average Bonchev–Trinajstić information content (AvgIpc) is 2.55. The highest BCUT2D eigenvalue weighted by atomic mass is 16.1. The molecule has 0 saturated carbocycles. The van der Waals surface area contributed by atoms with Crippen LogP contribution < -0.4 is 11.1 Å². The van der Waals surface area contributed by atoms with Crippen LogP contribution in [0, 0.1) is 12.3 Å². The molecule has 0 bridgehead atoms. The van der Waals surface area contributed by atoms with Crippen molar-refractivity contribution in [1.82, 2.24) is 9.78 Å². The number of anilines is 1. The first-order valence-corrected chi connectivity index (χ1v) is 5.04. The van der Waals surface area contributed by atoms with E-state index in [2.05, 4.69) is 30.2 Å². The topological polar surface area (TPSA) is 72.9 Å². The number of carbonyl (C=O) groups is 1. The molecule has 0 spiro atoms. The van der Waals surface area contributed by atoms with E-state index in [4.69, 9.17) is 12.2 Å². The minimum absolute atomic E-state index is 0.257. The number of carbonyl (C=O) groups excluding carboxylic acids is 1. The fraction of sp³-hybridized carbons (Fsp3) is 0.455. The highest BCUT2D eigenvalue weighted by Crippen LogP contribution is 2.16. The summed E-state index contributed by atoms with van der Waals surface area (Å²) < 4.78 is 1.48. The summed E-state index contributed by atoms with van der Waals surface area (Å²) in [5, 5.41) is 6.74. The van der Waals surface area contributed by atoms with Crippen molar-refractivity contribution < 1.29 is 4.79 Å². The van der Waals surface area contributed by atoms with Gasteiger partial charge in [-0.15, -0.1) is 6.42 Å². The van der Waals surface area contributed by atoms with E-state index in [0.29, 0.717) is 5.82 Å². The zero-order valence-electron chi connectivity index (χ0n) is 10.2. The van der Waals surface area contributed by atoms with Crippen molar-refractivity contribution >= 4 is 11.7 Å². The summed E-state index contributed by atoms with van der Waals surface area (Å²) in [6.07, 6.45) is 6.41. The van der Waals surface area contributed by atoms with Crippen LogP contribution in [0.25, 0.3) is 0 Å². The summed E-state index contributed by atoms with van der Waals surface area (Å²) in [6, 6.07) is 0. The van der Waals surface area contributed by atoms with Crippen molar-refractivity contribution in [3.05, 3.63) is 11.3 Å². The Balaban J connectivity index is 0.000000673. The predicted octanol–water partition coefficient (Wildman–Crippen LogP) is 0.958. The summed E-state index contributed by atoms with van der Waals surface area (Å²) in [4.78, 5) is 11.0. The molecule has 0 aromatic carbocycles. The number of hydrogen-bond acceptors (Lipinski definition) is 3. The highest BCUT2D eigenvalue weighted by molar-refractivity contribution is 5.99. The Morgan fingerprint density at radius 2 is 2.12 bits per heavy atom. The van der Waals surface area contributed by atoms with E-state index >= 15 is 0 Å². The van der Waals surface area contributed by atoms with Crippen LogP contribution in [0.3, 0.4) is 0 Å². The van der Waals surface area contributed by atoms with Gasteiger partial charge in [-0.2, -0.15) is 5.10 Å². The van der Waals surface area contributed by atoms with Gasteiger partial charge in [-0.05, 0) is 5.92 Å². The predicted molar refractivity (Wildman–Crippen MR) is 65.2 cm³/mol. The van der Waals surface area contributed by atoms with Crippen molar-refractivity contribution in [3.8, 4) is 12.3 Å². The van der Waals surface area contributed by atoms with Crippen molar-refractivity contribution in [1.29, 1.82) is 0 Å². The maximum absolute atomic E-state index is 11.0. The summed E-state index contributed by atoms with van der Waals surface area (Å²) in [6.45, 7) is 4.25. The fourth-order valence-electron chi connectivity index (χ4n) is 1.15. The molecule has 0 saturated heterocycles. The maximum atomic E-state index is 11.0. The third-order valence-corrected chi connectivity index (χ3v) is 1.67. The number of nitrogens with two attached hydrogens (primary N) is 1. The van der Waals surface area contributed by atoms with Gasteiger partial charge < -0.3 is 11.1 Å². The van der Waals surface area contributed by atoms with E-state index in [1.165, 1.54) is 11.1 Å². The van der Waals surface area contributed by atoms with Gasteiger partial charge in [0.25, 0.3) is 5.91 Å². The lowest BCUT2D eigenvalue weighted by Crippen LogP contribution is -2.14. The second-order valence-electron chi connectivity index (χ2n) is 3.16. The Morgan fingerprint density at radius 3 is 2.44 bits per heavy atom. The second kappa shape index (κ2) is 6.51. The Bertz CT molecular complexity index is 401. The molecule has 1 aromatic rings. The molecular formula is C11H18N4O. The van der Waals surface area contributed by atoms with E-state index in [1.54, 1.807) is 14.1 Å². The van der Waals surface area contributed by atoms with Gasteiger partial charge >= 0.3 is 0 Å². The number of rotatable bonds is 2. The van der Waals surface area contributed by atoms with Crippen LogP contribution in [0.4, 0.5) is 5.82 Å². The molecule has 5 heteroatoms. The zero-order chi connectivity index (χ0) is 12.7. The molecule has 0 fully saturated rings. The fourth-order valence-corrected chi connectivity index (χ4v) is 1.15. The number of amides is 1. The van der Waals surface area contributed by atoms with E-state index in [9.17, 15) is 4.79 Å². The van der Waals surface area contributed by atoms with Gasteiger partial charge in [0.15, 0.2) is 0 Å². The summed E-state index contributed by atoms with van der Waals surface area (Å²) in [7, 11) is 3.35. The molecule has 1 amide bonds. The molecule has 88 valence electrons. The molecule has 1 heterocycles. The lowest BCUT2D eigenvalue weighted by molar-refractivity contribution is 0.100. The van der Waals surface area contributed by atoms with Gasteiger partial charge in [-0.25, -0.2) is 0 Å². The quantitative estimate of drug-likeness (QED) is 0.732.